The van der Waals surface area contributed by atoms with Gasteiger partial charge in [-0.25, -0.2) is 0 Å². The molecule has 0 atom stereocenters. The molecule has 0 aliphatic rings. The Morgan fingerprint density at radius 1 is 1.50 bits per heavy atom. The van der Waals surface area contributed by atoms with Crippen LogP contribution in [0.1, 0.15) is 10.6 Å². The van der Waals surface area contributed by atoms with Gasteiger partial charge in [0.1, 0.15) is 5.01 Å². The number of aryl methyl sites for hydroxylation is 1. The molecule has 0 aliphatic heterocycles. The molecule has 0 spiro atoms. The van der Waals surface area contributed by atoms with Gasteiger partial charge in [-0.2, -0.15) is 5.10 Å². The van der Waals surface area contributed by atoms with E-state index in [1.54, 1.807) is 17.5 Å². The van der Waals surface area contributed by atoms with Crippen molar-refractivity contribution in [2.75, 3.05) is 6.54 Å². The average Bonchev–Trinajstić information content (AvgIpc) is 2.74. The Balaban J connectivity index is 2.29. The van der Waals surface area contributed by atoms with Gasteiger partial charge in [0.25, 0.3) is 0 Å². The molecule has 2 aromatic rings. The SMILES string of the molecule is Cc1cn[nH]c1-c1nnc(CCN)s1. The zero-order valence-corrected chi connectivity index (χ0v) is 8.64. The van der Waals surface area contributed by atoms with Crippen molar-refractivity contribution in [1.82, 2.24) is 20.4 Å². The van der Waals surface area contributed by atoms with E-state index in [4.69, 9.17) is 5.73 Å². The van der Waals surface area contributed by atoms with Gasteiger partial charge in [-0.3, -0.25) is 5.10 Å². The smallest absolute Gasteiger partial charge is 0.165 e. The first-order chi connectivity index (χ1) is 6.81. The van der Waals surface area contributed by atoms with Gasteiger partial charge in [0, 0.05) is 6.42 Å². The minimum absolute atomic E-state index is 0.608. The van der Waals surface area contributed by atoms with Gasteiger partial charge in [-0.05, 0) is 19.0 Å². The number of nitrogens with one attached hydrogen (secondary N) is 1. The molecule has 0 aliphatic carbocycles. The average molecular weight is 209 g/mol. The van der Waals surface area contributed by atoms with Gasteiger partial charge in [0.15, 0.2) is 5.01 Å². The highest BCUT2D eigenvalue weighted by atomic mass is 32.1. The van der Waals surface area contributed by atoms with Crippen molar-refractivity contribution in [2.24, 2.45) is 5.73 Å². The molecule has 0 saturated heterocycles. The van der Waals surface area contributed by atoms with Crippen molar-refractivity contribution in [2.45, 2.75) is 13.3 Å². The van der Waals surface area contributed by atoms with E-state index >= 15 is 0 Å². The van der Waals surface area contributed by atoms with E-state index in [9.17, 15) is 0 Å². The molecule has 0 amide bonds. The van der Waals surface area contributed by atoms with Crippen LogP contribution in [0.3, 0.4) is 0 Å². The summed E-state index contributed by atoms with van der Waals surface area (Å²) < 4.78 is 0. The van der Waals surface area contributed by atoms with E-state index in [-0.39, 0.29) is 0 Å². The summed E-state index contributed by atoms with van der Waals surface area (Å²) in [5.74, 6) is 0. The highest BCUT2D eigenvalue weighted by Gasteiger charge is 2.09. The summed E-state index contributed by atoms with van der Waals surface area (Å²) in [6, 6.07) is 0. The molecule has 5 nitrogen and oxygen atoms in total. The summed E-state index contributed by atoms with van der Waals surface area (Å²) in [4.78, 5) is 0. The highest BCUT2D eigenvalue weighted by molar-refractivity contribution is 7.14. The largest absolute Gasteiger partial charge is 0.330 e. The number of aromatic amines is 1. The van der Waals surface area contributed by atoms with Crippen molar-refractivity contribution in [3.05, 3.63) is 16.8 Å². The standard InChI is InChI=1S/C8H11N5S/c1-5-4-10-12-7(5)8-13-11-6(14-8)2-3-9/h4H,2-3,9H2,1H3,(H,10,12). The Kier molecular flexibility index (Phi) is 2.55. The molecular weight excluding hydrogens is 198 g/mol. The van der Waals surface area contributed by atoms with E-state index < -0.39 is 0 Å². The molecule has 0 bridgehead atoms. The number of hydrogen-bond donors (Lipinski definition) is 2. The van der Waals surface area contributed by atoms with E-state index in [2.05, 4.69) is 20.4 Å². The predicted molar refractivity (Wildman–Crippen MR) is 55.0 cm³/mol. The molecular formula is C8H11N5S. The van der Waals surface area contributed by atoms with Crippen LogP contribution < -0.4 is 5.73 Å². The van der Waals surface area contributed by atoms with Gasteiger partial charge in [-0.1, -0.05) is 11.3 Å². The van der Waals surface area contributed by atoms with Gasteiger partial charge >= 0.3 is 0 Å². The first-order valence-corrected chi connectivity index (χ1v) is 5.15. The summed E-state index contributed by atoms with van der Waals surface area (Å²) in [7, 11) is 0. The Morgan fingerprint density at radius 3 is 3.00 bits per heavy atom. The lowest BCUT2D eigenvalue weighted by Gasteiger charge is -1.89. The van der Waals surface area contributed by atoms with Crippen molar-refractivity contribution >= 4 is 11.3 Å². The van der Waals surface area contributed by atoms with Gasteiger partial charge in [0.2, 0.25) is 0 Å². The van der Waals surface area contributed by atoms with Crippen LogP contribution in [-0.2, 0) is 6.42 Å². The van der Waals surface area contributed by atoms with Crippen LogP contribution in [0.4, 0.5) is 0 Å². The minimum atomic E-state index is 0.608. The summed E-state index contributed by atoms with van der Waals surface area (Å²) in [5.41, 5.74) is 7.47. The fourth-order valence-electron chi connectivity index (χ4n) is 1.14. The third-order valence-electron chi connectivity index (χ3n) is 1.87. The molecule has 0 fully saturated rings. The van der Waals surface area contributed by atoms with Crippen LogP contribution in [0.5, 0.6) is 0 Å². The number of hydrogen-bond acceptors (Lipinski definition) is 5. The number of nitrogens with two attached hydrogens (primary N) is 1. The minimum Gasteiger partial charge on any atom is -0.330 e. The summed E-state index contributed by atoms with van der Waals surface area (Å²) in [5, 5.41) is 16.8. The van der Waals surface area contributed by atoms with Crippen LogP contribution in [0.15, 0.2) is 6.20 Å². The second-order valence-electron chi connectivity index (χ2n) is 2.97. The highest BCUT2D eigenvalue weighted by Crippen LogP contribution is 2.23. The number of H-pyrrole nitrogens is 1. The first-order valence-electron chi connectivity index (χ1n) is 4.34. The second-order valence-corrected chi connectivity index (χ2v) is 4.03. The Labute approximate surface area is 85.4 Å². The number of aromatic nitrogens is 4. The Hall–Kier alpha value is -1.27. The molecule has 2 aromatic heterocycles. The maximum atomic E-state index is 5.44. The normalized spacial score (nSPS) is 10.7. The van der Waals surface area contributed by atoms with Crippen LogP contribution in [0.25, 0.3) is 10.7 Å². The molecule has 0 unspecified atom stereocenters. The fraction of sp³-hybridized carbons (Fsp3) is 0.375. The molecule has 2 heterocycles. The molecule has 0 saturated carbocycles. The Morgan fingerprint density at radius 2 is 2.36 bits per heavy atom. The molecule has 3 N–H and O–H groups in total. The molecule has 2 rings (SSSR count). The summed E-state index contributed by atoms with van der Waals surface area (Å²) in [6.07, 6.45) is 2.56. The Bertz CT molecular complexity index is 419. The van der Waals surface area contributed by atoms with Crippen molar-refractivity contribution in [3.63, 3.8) is 0 Å². The first kappa shape index (κ1) is 9.29. The zero-order chi connectivity index (χ0) is 9.97. The third kappa shape index (κ3) is 1.66. The van der Waals surface area contributed by atoms with E-state index in [1.165, 1.54) is 0 Å². The second kappa shape index (κ2) is 3.85. The number of rotatable bonds is 3. The topological polar surface area (TPSA) is 80.5 Å². The lowest BCUT2D eigenvalue weighted by Crippen LogP contribution is -2.01. The molecule has 0 radical (unpaired) electrons. The van der Waals surface area contributed by atoms with Crippen LogP contribution in [-0.4, -0.2) is 26.9 Å². The van der Waals surface area contributed by atoms with E-state index in [1.807, 2.05) is 6.92 Å². The molecule has 14 heavy (non-hydrogen) atoms. The molecule has 6 heteroatoms. The van der Waals surface area contributed by atoms with Crippen molar-refractivity contribution < 1.29 is 0 Å². The van der Waals surface area contributed by atoms with E-state index in [0.717, 1.165) is 27.7 Å². The lowest BCUT2D eigenvalue weighted by molar-refractivity contribution is 0.912. The van der Waals surface area contributed by atoms with Crippen LogP contribution in [0.2, 0.25) is 0 Å². The van der Waals surface area contributed by atoms with Crippen LogP contribution in [0, 0.1) is 6.92 Å². The van der Waals surface area contributed by atoms with Gasteiger partial charge in [0.05, 0.1) is 11.9 Å². The molecule has 74 valence electrons. The molecule has 0 aromatic carbocycles. The third-order valence-corrected chi connectivity index (χ3v) is 2.87. The predicted octanol–water partition coefficient (Wildman–Crippen LogP) is 0.738. The maximum absolute atomic E-state index is 5.44. The quantitative estimate of drug-likeness (QED) is 0.781. The van der Waals surface area contributed by atoms with Crippen molar-refractivity contribution in [1.29, 1.82) is 0 Å². The lowest BCUT2D eigenvalue weighted by atomic mass is 10.3. The summed E-state index contributed by atoms with van der Waals surface area (Å²) in [6.45, 7) is 2.60. The zero-order valence-electron chi connectivity index (χ0n) is 7.82. The van der Waals surface area contributed by atoms with Crippen LogP contribution >= 0.6 is 11.3 Å². The fourth-order valence-corrected chi connectivity index (χ4v) is 2.06. The monoisotopic (exact) mass is 209 g/mol. The van der Waals surface area contributed by atoms with E-state index in [0.29, 0.717) is 6.54 Å². The summed E-state index contributed by atoms with van der Waals surface area (Å²) >= 11 is 1.56. The van der Waals surface area contributed by atoms with Crippen molar-refractivity contribution in [3.8, 4) is 10.7 Å². The van der Waals surface area contributed by atoms with Gasteiger partial charge < -0.3 is 5.73 Å². The number of nitrogens with zero attached hydrogens (tertiary/aromatic N) is 3. The maximum Gasteiger partial charge on any atom is 0.165 e. The van der Waals surface area contributed by atoms with Gasteiger partial charge in [-0.15, -0.1) is 10.2 Å².